The van der Waals surface area contributed by atoms with Crippen LogP contribution in [0.25, 0.3) is 0 Å². The van der Waals surface area contributed by atoms with E-state index in [0.717, 1.165) is 24.3 Å². The molecule has 7 heteroatoms. The van der Waals surface area contributed by atoms with Crippen LogP contribution < -0.4 is 0 Å². The molecule has 108 valence electrons. The molecule has 0 N–H and O–H groups in total. The second-order valence-corrected chi connectivity index (χ2v) is 3.57. The molecule has 2 aromatic carbocycles. The zero-order valence-corrected chi connectivity index (χ0v) is 13.6. The number of alkyl halides is 6. The van der Waals surface area contributed by atoms with Gasteiger partial charge in [-0.1, -0.05) is 11.1 Å². The van der Waals surface area contributed by atoms with Gasteiger partial charge in [-0.2, -0.15) is 87.0 Å². The fourth-order valence-corrected chi connectivity index (χ4v) is 1.15. The molecule has 0 aliphatic rings. The molecule has 0 saturated carbocycles. The number of rotatable bonds is 0. The Hall–Kier alpha value is -1.36. The maximum atomic E-state index is 11.8. The summed E-state index contributed by atoms with van der Waals surface area (Å²) in [6.45, 7) is 0. The third-order valence-electron chi connectivity index (χ3n) is 2.09. The van der Waals surface area contributed by atoms with Crippen LogP contribution in [0.5, 0.6) is 0 Å². The van der Waals surface area contributed by atoms with Gasteiger partial charge in [-0.15, -0.1) is 0 Å². The predicted octanol–water partition coefficient (Wildman–Crippen LogP) is 5.01. The van der Waals surface area contributed by atoms with E-state index in [1.807, 2.05) is 0 Å². The molecule has 0 spiro atoms. The van der Waals surface area contributed by atoms with Crippen molar-refractivity contribution in [1.29, 1.82) is 0 Å². The summed E-state index contributed by atoms with van der Waals surface area (Å²) >= 11 is 0. The van der Waals surface area contributed by atoms with Crippen molar-refractivity contribution in [2.45, 2.75) is 12.4 Å². The van der Waals surface area contributed by atoms with Crippen molar-refractivity contribution in [3.8, 4) is 0 Å². The first-order chi connectivity index (χ1) is 9.21. The first kappa shape index (κ1) is 19.6. The number of halogens is 6. The summed E-state index contributed by atoms with van der Waals surface area (Å²) in [6, 6.07) is 13.9. The fraction of sp³-hybridized carbons (Fsp3) is 0.143. The molecule has 0 radical (unpaired) electrons. The summed E-state index contributed by atoms with van der Waals surface area (Å²) in [4.78, 5) is 0. The normalized spacial score (nSPS) is 11.0. The van der Waals surface area contributed by atoms with Crippen molar-refractivity contribution in [2.75, 3.05) is 0 Å². The van der Waals surface area contributed by atoms with Crippen LogP contribution in [0.15, 0.2) is 48.5 Å². The summed E-state index contributed by atoms with van der Waals surface area (Å²) in [5.41, 5.74) is -1.27. The Morgan fingerprint density at radius 1 is 0.571 bits per heavy atom. The van der Waals surface area contributed by atoms with Gasteiger partial charge in [0.15, 0.2) is 0 Å². The molecule has 0 nitrogen and oxygen atoms in total. The molecule has 0 heterocycles. The second kappa shape index (κ2) is 8.18. The van der Waals surface area contributed by atoms with Gasteiger partial charge in [0, 0.05) is 0 Å². The van der Waals surface area contributed by atoms with Crippen LogP contribution in [0.4, 0.5) is 26.3 Å². The van der Waals surface area contributed by atoms with Crippen molar-refractivity contribution >= 4 is 0 Å². The Morgan fingerprint density at radius 2 is 0.810 bits per heavy atom. The Labute approximate surface area is 130 Å². The summed E-state index contributed by atoms with van der Waals surface area (Å²) in [5.74, 6) is 0. The van der Waals surface area contributed by atoms with Gasteiger partial charge in [0.25, 0.3) is 0 Å². The van der Waals surface area contributed by atoms with Crippen LogP contribution >= 0.6 is 0 Å². The van der Waals surface area contributed by atoms with Crippen LogP contribution in [0.2, 0.25) is 0 Å². The van der Waals surface area contributed by atoms with Gasteiger partial charge in [0.05, 0.1) is 0 Å². The molecule has 0 atom stereocenters. The van der Waals surface area contributed by atoms with Crippen molar-refractivity contribution in [3.63, 3.8) is 0 Å². The maximum Gasteiger partial charge on any atom is 2.00 e. The van der Waals surface area contributed by atoms with E-state index in [9.17, 15) is 26.3 Å². The van der Waals surface area contributed by atoms with E-state index >= 15 is 0 Å². The topological polar surface area (TPSA) is 0 Å². The zero-order chi connectivity index (χ0) is 15.2. The van der Waals surface area contributed by atoms with E-state index in [1.165, 1.54) is 24.3 Å². The SMILES string of the molecule is FC(F)(F)c1cc[c-]cc1.FC(F)(F)c1cc[c-]cc1.[Zn+2]. The molecule has 0 fully saturated rings. The first-order valence-corrected chi connectivity index (χ1v) is 5.28. The molecule has 0 amide bonds. The molecule has 21 heavy (non-hydrogen) atoms. The number of benzene rings is 2. The van der Waals surface area contributed by atoms with E-state index in [2.05, 4.69) is 12.1 Å². The third-order valence-corrected chi connectivity index (χ3v) is 2.09. The van der Waals surface area contributed by atoms with E-state index in [4.69, 9.17) is 0 Å². The quantitative estimate of drug-likeness (QED) is 0.354. The standard InChI is InChI=1S/2C7H4F3.Zn/c2*8-7(9,10)6-4-2-1-3-5-6;/h2*2-5H;/q2*-1;+2. The number of hydrogen-bond acceptors (Lipinski definition) is 0. The average Bonchev–Trinajstić information content (AvgIpc) is 2.40. The molecule has 0 aliphatic carbocycles. The fourth-order valence-electron chi connectivity index (χ4n) is 1.15. The van der Waals surface area contributed by atoms with Gasteiger partial charge in [0.2, 0.25) is 0 Å². The zero-order valence-electron chi connectivity index (χ0n) is 10.6. The third kappa shape index (κ3) is 7.27. The van der Waals surface area contributed by atoms with Crippen LogP contribution in [-0.2, 0) is 31.8 Å². The van der Waals surface area contributed by atoms with Gasteiger partial charge in [-0.3, -0.25) is 0 Å². The van der Waals surface area contributed by atoms with Crippen LogP contribution in [0.3, 0.4) is 0 Å². The summed E-state index contributed by atoms with van der Waals surface area (Å²) < 4.78 is 70.6. The Kier molecular flexibility index (Phi) is 7.65. The smallest absolute Gasteiger partial charge is 0.184 e. The van der Waals surface area contributed by atoms with Gasteiger partial charge in [-0.25, -0.2) is 0 Å². The molecule has 0 unspecified atom stereocenters. The molecular weight excluding hydrogens is 348 g/mol. The molecule has 0 bridgehead atoms. The molecule has 2 aromatic rings. The average molecular weight is 356 g/mol. The molecule has 0 aliphatic heterocycles. The van der Waals surface area contributed by atoms with E-state index in [-0.39, 0.29) is 19.5 Å². The maximum absolute atomic E-state index is 11.8. The largest absolute Gasteiger partial charge is 2.00 e. The van der Waals surface area contributed by atoms with Crippen LogP contribution in [-0.4, -0.2) is 0 Å². The summed E-state index contributed by atoms with van der Waals surface area (Å²) in [6.07, 6.45) is -8.45. The molecule has 0 aromatic heterocycles. The van der Waals surface area contributed by atoms with Crippen LogP contribution in [0.1, 0.15) is 11.1 Å². The van der Waals surface area contributed by atoms with Crippen LogP contribution in [0, 0.1) is 12.1 Å². The Morgan fingerprint density at radius 3 is 0.952 bits per heavy atom. The first-order valence-electron chi connectivity index (χ1n) is 5.28. The minimum atomic E-state index is -4.23. The van der Waals surface area contributed by atoms with E-state index < -0.39 is 23.5 Å². The van der Waals surface area contributed by atoms with Crippen molar-refractivity contribution in [2.24, 2.45) is 0 Å². The molecule has 2 rings (SSSR count). The Balaban J connectivity index is 0.000000364. The number of hydrogen-bond donors (Lipinski definition) is 0. The van der Waals surface area contributed by atoms with Crippen molar-refractivity contribution in [3.05, 3.63) is 71.8 Å². The van der Waals surface area contributed by atoms with E-state index in [0.29, 0.717) is 0 Å². The van der Waals surface area contributed by atoms with Crippen molar-refractivity contribution in [1.82, 2.24) is 0 Å². The second-order valence-electron chi connectivity index (χ2n) is 3.57. The minimum Gasteiger partial charge on any atom is -0.184 e. The summed E-state index contributed by atoms with van der Waals surface area (Å²) in [7, 11) is 0. The Bertz CT molecular complexity index is 455. The minimum absolute atomic E-state index is 0. The predicted molar refractivity (Wildman–Crippen MR) is 60.6 cm³/mol. The molecular formula is C14H8F6Zn. The monoisotopic (exact) mass is 354 g/mol. The van der Waals surface area contributed by atoms with Gasteiger partial charge >= 0.3 is 31.8 Å². The van der Waals surface area contributed by atoms with Gasteiger partial charge in [-0.05, 0) is 0 Å². The van der Waals surface area contributed by atoms with Gasteiger partial charge < -0.3 is 0 Å². The molecule has 0 saturated heterocycles. The van der Waals surface area contributed by atoms with Gasteiger partial charge in [0.1, 0.15) is 0 Å². The van der Waals surface area contributed by atoms with Crippen molar-refractivity contribution < 1.29 is 45.8 Å². The summed E-state index contributed by atoms with van der Waals surface area (Å²) in [5, 5.41) is 0. The van der Waals surface area contributed by atoms with E-state index in [1.54, 1.807) is 0 Å².